The number of aromatic nitrogens is 3. The van der Waals surface area contributed by atoms with Gasteiger partial charge in [-0.1, -0.05) is 36.8 Å². The summed E-state index contributed by atoms with van der Waals surface area (Å²) in [6.45, 7) is 0.459. The molecule has 6 rings (SSSR count). The van der Waals surface area contributed by atoms with Crippen LogP contribution in [0.15, 0.2) is 82.1 Å². The highest BCUT2D eigenvalue weighted by Crippen LogP contribution is 2.60. The van der Waals surface area contributed by atoms with Crippen molar-refractivity contribution in [3.05, 3.63) is 100 Å². The summed E-state index contributed by atoms with van der Waals surface area (Å²) in [5, 5.41) is 4.19. The Bertz CT molecular complexity index is 1340. The molecular weight excluding hydrogens is 426 g/mol. The second kappa shape index (κ2) is 8.28. The van der Waals surface area contributed by atoms with Crippen LogP contribution in [-0.2, 0) is 19.1 Å². The number of aryl methyl sites for hydroxylation is 1. The van der Waals surface area contributed by atoms with Crippen molar-refractivity contribution in [2.24, 2.45) is 18.9 Å². The molecule has 0 radical (unpaired) electrons. The molecule has 3 atom stereocenters. The molecule has 0 N–H and O–H groups in total. The number of hydrogen-bond acceptors (Lipinski definition) is 5. The van der Waals surface area contributed by atoms with E-state index < -0.39 is 5.76 Å². The number of hydrogen-bond donors (Lipinski definition) is 0. The van der Waals surface area contributed by atoms with Gasteiger partial charge in [-0.05, 0) is 78.6 Å². The summed E-state index contributed by atoms with van der Waals surface area (Å²) >= 11 is 0. The van der Waals surface area contributed by atoms with Gasteiger partial charge in [0.05, 0.1) is 5.69 Å². The zero-order valence-corrected chi connectivity index (χ0v) is 19.2. The van der Waals surface area contributed by atoms with E-state index in [1.165, 1.54) is 41.5 Å². The van der Waals surface area contributed by atoms with Crippen molar-refractivity contribution in [3.63, 3.8) is 0 Å². The fourth-order valence-electron chi connectivity index (χ4n) is 6.07. The minimum atomic E-state index is -0.450. The number of benzene rings is 2. The van der Waals surface area contributed by atoms with Crippen LogP contribution in [0.4, 0.5) is 0 Å². The van der Waals surface area contributed by atoms with Crippen molar-refractivity contribution < 1.29 is 9.15 Å². The van der Waals surface area contributed by atoms with Gasteiger partial charge in [0.15, 0.2) is 0 Å². The molecule has 2 heterocycles. The van der Waals surface area contributed by atoms with Crippen molar-refractivity contribution >= 4 is 0 Å². The van der Waals surface area contributed by atoms with Crippen molar-refractivity contribution in [1.82, 2.24) is 14.8 Å². The molecule has 2 bridgehead atoms. The van der Waals surface area contributed by atoms with Gasteiger partial charge in [0.1, 0.15) is 12.4 Å². The summed E-state index contributed by atoms with van der Waals surface area (Å²) in [7, 11) is 1.59. The Morgan fingerprint density at radius 3 is 2.38 bits per heavy atom. The second-order valence-corrected chi connectivity index (χ2v) is 9.56. The molecule has 2 saturated carbocycles. The van der Waals surface area contributed by atoms with Gasteiger partial charge < -0.3 is 9.15 Å². The van der Waals surface area contributed by atoms with Crippen molar-refractivity contribution in [2.75, 3.05) is 0 Å². The minimum Gasteiger partial charge on any atom is -0.487 e. The van der Waals surface area contributed by atoms with Gasteiger partial charge in [-0.15, -0.1) is 5.10 Å². The molecule has 1 unspecified atom stereocenters. The van der Waals surface area contributed by atoms with E-state index in [1.54, 1.807) is 13.2 Å². The third-order valence-corrected chi connectivity index (χ3v) is 7.67. The van der Waals surface area contributed by atoms with E-state index >= 15 is 0 Å². The van der Waals surface area contributed by atoms with Crippen molar-refractivity contribution in [2.45, 2.75) is 37.7 Å². The summed E-state index contributed by atoms with van der Waals surface area (Å²) in [5.74, 6) is 2.17. The van der Waals surface area contributed by atoms with Crippen LogP contribution in [0.3, 0.4) is 0 Å². The normalized spacial score (nSPS) is 23.3. The van der Waals surface area contributed by atoms with Crippen LogP contribution in [0.1, 0.15) is 42.5 Å². The van der Waals surface area contributed by atoms with Crippen LogP contribution >= 0.6 is 0 Å². The molecule has 4 aromatic rings. The zero-order chi connectivity index (χ0) is 23.1. The Hall–Kier alpha value is -3.67. The highest BCUT2D eigenvalue weighted by atomic mass is 16.5. The first-order valence-electron chi connectivity index (χ1n) is 11.9. The molecule has 2 fully saturated rings. The molecule has 6 nitrogen and oxygen atoms in total. The predicted molar refractivity (Wildman–Crippen MR) is 128 cm³/mol. The maximum absolute atomic E-state index is 11.7. The number of ether oxygens (including phenoxy) is 1. The first kappa shape index (κ1) is 20.9. The van der Waals surface area contributed by atoms with Gasteiger partial charge in [-0.25, -0.2) is 4.79 Å². The molecular formula is C28H27N3O3. The van der Waals surface area contributed by atoms with Crippen LogP contribution < -0.4 is 10.5 Å². The van der Waals surface area contributed by atoms with Gasteiger partial charge in [0.2, 0.25) is 5.89 Å². The molecule has 2 aromatic heterocycles. The number of fused-ring (bicyclic) bond motifs is 2. The molecule has 172 valence electrons. The quantitative estimate of drug-likeness (QED) is 0.405. The van der Waals surface area contributed by atoms with Crippen molar-refractivity contribution in [3.8, 4) is 17.2 Å². The van der Waals surface area contributed by atoms with Crippen molar-refractivity contribution in [1.29, 1.82) is 0 Å². The van der Waals surface area contributed by atoms with E-state index in [0.29, 0.717) is 18.4 Å². The van der Waals surface area contributed by atoms with E-state index in [-0.39, 0.29) is 5.41 Å². The Morgan fingerprint density at radius 1 is 1.03 bits per heavy atom. The highest BCUT2D eigenvalue weighted by molar-refractivity contribution is 5.55. The number of rotatable bonds is 6. The number of pyridine rings is 1. The molecule has 0 saturated heterocycles. The lowest BCUT2D eigenvalue weighted by molar-refractivity contribution is 0.299. The molecule has 0 spiro atoms. The van der Waals surface area contributed by atoms with E-state index in [2.05, 4.69) is 46.5 Å². The van der Waals surface area contributed by atoms with Gasteiger partial charge in [-0.3, -0.25) is 4.98 Å². The maximum atomic E-state index is 11.7. The monoisotopic (exact) mass is 453 g/mol. The molecule has 34 heavy (non-hydrogen) atoms. The van der Waals surface area contributed by atoms with Crippen LogP contribution in [0.2, 0.25) is 0 Å². The zero-order valence-electron chi connectivity index (χ0n) is 19.2. The van der Waals surface area contributed by atoms with E-state index in [4.69, 9.17) is 9.15 Å². The van der Waals surface area contributed by atoms with Gasteiger partial charge >= 0.3 is 5.76 Å². The number of nitrogens with zero attached hydrogens (tertiary/aromatic N) is 3. The summed E-state index contributed by atoms with van der Waals surface area (Å²) < 4.78 is 12.5. The van der Waals surface area contributed by atoms with Crippen LogP contribution in [-0.4, -0.2) is 14.8 Å². The van der Waals surface area contributed by atoms with E-state index in [0.717, 1.165) is 22.9 Å². The predicted octanol–water partition coefficient (Wildman–Crippen LogP) is 5.12. The lowest BCUT2D eigenvalue weighted by atomic mass is 9.64. The van der Waals surface area contributed by atoms with Gasteiger partial charge in [0.25, 0.3) is 0 Å². The summed E-state index contributed by atoms with van der Waals surface area (Å²) in [6.07, 6.45) is 6.83. The minimum absolute atomic E-state index is 0.00587. The molecule has 2 aliphatic carbocycles. The standard InChI is InChI=1S/C28H27N3O3/c1-31-27(32)34-26(30-31)20-6-9-21(10-7-20)28(17-19-5-8-23(28)16-19)22-11-13-25(14-12-22)33-18-24-4-2-3-15-29-24/h2-4,6-7,9-15,19,23H,5,8,16-18H2,1H3/t19?,23-,28-/m1/s1. The Labute approximate surface area is 198 Å². The fraction of sp³-hybridized carbons (Fsp3) is 0.321. The summed E-state index contributed by atoms with van der Waals surface area (Å²) in [6, 6.07) is 22.9. The molecule has 2 aliphatic rings. The third kappa shape index (κ3) is 3.54. The lowest BCUT2D eigenvalue weighted by Gasteiger charge is -2.39. The first-order chi connectivity index (χ1) is 16.6. The van der Waals surface area contributed by atoms with Crippen LogP contribution in [0.5, 0.6) is 5.75 Å². The highest BCUT2D eigenvalue weighted by Gasteiger charge is 2.52. The molecule has 2 aromatic carbocycles. The van der Waals surface area contributed by atoms with Gasteiger partial charge in [-0.2, -0.15) is 4.68 Å². The molecule has 0 amide bonds. The third-order valence-electron chi connectivity index (χ3n) is 7.67. The fourth-order valence-corrected chi connectivity index (χ4v) is 6.07. The molecule has 6 heteroatoms. The SMILES string of the molecule is Cn1nc(-c2ccc([C@@]3(c4ccc(OCc5ccccn5)cc4)CC4CC[C@@H]3C4)cc2)oc1=O. The van der Waals surface area contributed by atoms with Crippen LogP contribution in [0, 0.1) is 11.8 Å². The first-order valence-corrected chi connectivity index (χ1v) is 11.9. The average molecular weight is 454 g/mol. The largest absolute Gasteiger partial charge is 0.487 e. The topological polar surface area (TPSA) is 70.2 Å². The average Bonchev–Trinajstić information content (AvgIpc) is 3.59. The maximum Gasteiger partial charge on any atom is 0.437 e. The Kier molecular flexibility index (Phi) is 5.09. The summed E-state index contributed by atoms with van der Waals surface area (Å²) in [4.78, 5) is 16.0. The smallest absolute Gasteiger partial charge is 0.437 e. The molecule has 0 aliphatic heterocycles. The van der Waals surface area contributed by atoms with Crippen LogP contribution in [0.25, 0.3) is 11.5 Å². The second-order valence-electron chi connectivity index (χ2n) is 9.56. The lowest BCUT2D eigenvalue weighted by Crippen LogP contribution is -2.34. The van der Waals surface area contributed by atoms with E-state index in [9.17, 15) is 4.79 Å². The van der Waals surface area contributed by atoms with E-state index in [1.807, 2.05) is 30.3 Å². The Balaban J connectivity index is 1.29. The Morgan fingerprint density at radius 2 is 1.79 bits per heavy atom. The summed E-state index contributed by atoms with van der Waals surface area (Å²) in [5.41, 5.74) is 4.41. The van der Waals surface area contributed by atoms with Gasteiger partial charge in [0, 0.05) is 24.2 Å².